The molecule has 0 aliphatic heterocycles. The minimum atomic E-state index is -1.41. The Hall–Kier alpha value is -3.31. The fourth-order valence-corrected chi connectivity index (χ4v) is 5.41. The minimum absolute atomic E-state index is 0.0113. The van der Waals surface area contributed by atoms with Crippen molar-refractivity contribution in [2.24, 2.45) is 5.92 Å². The number of rotatable bonds is 10. The fourth-order valence-electron chi connectivity index (χ4n) is 4.21. The topological polar surface area (TPSA) is 117 Å². The third kappa shape index (κ3) is 5.52. The maximum atomic E-state index is 14.0. The average molecular weight is 535 g/mol. The van der Waals surface area contributed by atoms with E-state index in [0.29, 0.717) is 5.56 Å². The van der Waals surface area contributed by atoms with E-state index >= 15 is 0 Å². The van der Waals surface area contributed by atoms with Crippen LogP contribution < -0.4 is 16.0 Å². The van der Waals surface area contributed by atoms with Crippen molar-refractivity contribution in [2.45, 2.75) is 59.7 Å². The van der Waals surface area contributed by atoms with E-state index in [-0.39, 0.29) is 57.7 Å². The van der Waals surface area contributed by atoms with Crippen molar-refractivity contribution in [1.82, 2.24) is 9.13 Å². The molecule has 2 atom stereocenters. The third-order valence-corrected chi connectivity index (χ3v) is 7.37. The van der Waals surface area contributed by atoms with Crippen LogP contribution in [0.1, 0.15) is 67.1 Å². The monoisotopic (exact) mass is 534 g/mol. The van der Waals surface area contributed by atoms with Gasteiger partial charge in [-0.2, -0.15) is 0 Å². The number of hydrogen-bond donors (Lipinski definition) is 1. The zero-order chi connectivity index (χ0) is 27.6. The van der Waals surface area contributed by atoms with Crippen LogP contribution in [0, 0.1) is 18.7 Å². The van der Waals surface area contributed by atoms with Gasteiger partial charge >= 0.3 is 11.7 Å². The number of aliphatic hydroxyl groups excluding tert-OH is 1. The predicted molar refractivity (Wildman–Crippen MR) is 138 cm³/mol. The number of fused-ring (bicyclic) bond motifs is 1. The summed E-state index contributed by atoms with van der Waals surface area (Å²) >= 11 is 0.890. The van der Waals surface area contributed by atoms with E-state index in [4.69, 9.17) is 9.47 Å². The summed E-state index contributed by atoms with van der Waals surface area (Å²) in [7, 11) is 1.37. The number of nitrogens with zero attached hydrogens (tertiary/aromatic N) is 2. The van der Waals surface area contributed by atoms with Crippen LogP contribution in [-0.2, 0) is 16.1 Å². The first-order chi connectivity index (χ1) is 17.4. The molecular weight excluding hydrogens is 503 g/mol. The van der Waals surface area contributed by atoms with E-state index in [1.165, 1.54) is 26.2 Å². The molecule has 0 spiro atoms. The van der Waals surface area contributed by atoms with Crippen molar-refractivity contribution in [3.05, 3.63) is 60.9 Å². The molecule has 0 saturated heterocycles. The first kappa shape index (κ1) is 28.3. The average Bonchev–Trinajstić information content (AvgIpc) is 3.18. The van der Waals surface area contributed by atoms with Gasteiger partial charge in [-0.25, -0.2) is 18.5 Å². The Morgan fingerprint density at radius 1 is 1.19 bits per heavy atom. The molecule has 9 nitrogen and oxygen atoms in total. The number of thiophene rings is 1. The molecule has 11 heteroatoms. The lowest BCUT2D eigenvalue weighted by Crippen LogP contribution is -2.44. The number of aliphatic hydroxyl groups is 1. The van der Waals surface area contributed by atoms with Crippen molar-refractivity contribution < 1.29 is 28.6 Å². The lowest BCUT2D eigenvalue weighted by atomic mass is 10.0. The summed E-state index contributed by atoms with van der Waals surface area (Å²) in [6.45, 7) is 8.12. The molecule has 1 N–H and O–H groups in total. The number of carbonyl (C=O) groups is 2. The van der Waals surface area contributed by atoms with Crippen LogP contribution in [0.4, 0.5) is 4.39 Å². The molecule has 3 aromatic rings. The highest BCUT2D eigenvalue weighted by atomic mass is 32.1. The fraction of sp³-hybridized carbons (Fsp3) is 0.462. The zero-order valence-corrected chi connectivity index (χ0v) is 22.5. The van der Waals surface area contributed by atoms with Crippen molar-refractivity contribution in [3.8, 4) is 5.75 Å². The molecule has 0 aliphatic carbocycles. The minimum Gasteiger partial charge on any atom is -0.496 e. The van der Waals surface area contributed by atoms with E-state index in [9.17, 15) is 28.7 Å². The molecule has 0 saturated carbocycles. The van der Waals surface area contributed by atoms with Gasteiger partial charge in [0.2, 0.25) is 0 Å². The molecule has 0 amide bonds. The smallest absolute Gasteiger partial charge is 0.348 e. The van der Waals surface area contributed by atoms with Crippen LogP contribution in [0.2, 0.25) is 0 Å². The molecule has 0 aliphatic rings. The van der Waals surface area contributed by atoms with E-state index in [2.05, 4.69) is 0 Å². The number of ketones is 1. The number of hydrogen-bond acceptors (Lipinski definition) is 8. The normalized spacial score (nSPS) is 13.1. The van der Waals surface area contributed by atoms with Gasteiger partial charge in [0.05, 0.1) is 31.7 Å². The largest absolute Gasteiger partial charge is 0.496 e. The maximum absolute atomic E-state index is 14.0. The zero-order valence-electron chi connectivity index (χ0n) is 21.7. The summed E-state index contributed by atoms with van der Waals surface area (Å²) in [5.41, 5.74) is -1.12. The Bertz CT molecular complexity index is 1450. The maximum Gasteiger partial charge on any atom is 0.348 e. The van der Waals surface area contributed by atoms with E-state index < -0.39 is 35.2 Å². The van der Waals surface area contributed by atoms with Gasteiger partial charge in [-0.3, -0.25) is 14.2 Å². The molecular formula is C26H31FN2O7S. The summed E-state index contributed by atoms with van der Waals surface area (Å²) in [5.74, 6) is -1.34. The summed E-state index contributed by atoms with van der Waals surface area (Å²) in [5, 5.41) is 11.1. The van der Waals surface area contributed by atoms with Crippen LogP contribution in [0.5, 0.6) is 5.75 Å². The van der Waals surface area contributed by atoms with Gasteiger partial charge in [-0.1, -0.05) is 13.8 Å². The standard InChI is InChI=1S/C26H31FN2O7S/c1-7-36-25(33)22-14(4)21-23(32)29(15(5)18(30)10-13(2)3)26(34)28(24(21)37-22)12-19(31)17-11-16(27)8-9-20(17)35-6/h8-9,11,13,15,19,31H,7,10,12H2,1-6H3/t15-,19-/m0/s1. The molecule has 37 heavy (non-hydrogen) atoms. The highest BCUT2D eigenvalue weighted by Gasteiger charge is 2.29. The van der Waals surface area contributed by atoms with Crippen molar-refractivity contribution in [1.29, 1.82) is 0 Å². The highest BCUT2D eigenvalue weighted by molar-refractivity contribution is 7.20. The Balaban J connectivity index is 2.30. The van der Waals surface area contributed by atoms with Crippen molar-refractivity contribution >= 4 is 33.3 Å². The summed E-state index contributed by atoms with van der Waals surface area (Å²) in [6.07, 6.45) is -1.25. The summed E-state index contributed by atoms with van der Waals surface area (Å²) in [6, 6.07) is 2.55. The first-order valence-corrected chi connectivity index (χ1v) is 12.7. The van der Waals surface area contributed by atoms with Gasteiger partial charge in [0, 0.05) is 12.0 Å². The van der Waals surface area contributed by atoms with Crippen LogP contribution in [0.15, 0.2) is 27.8 Å². The predicted octanol–water partition coefficient (Wildman–Crippen LogP) is 3.77. The number of aromatic nitrogens is 2. The van der Waals surface area contributed by atoms with Gasteiger partial charge < -0.3 is 14.6 Å². The number of Topliss-reactive ketones (excluding diaryl/α,β-unsaturated/α-hetero) is 1. The summed E-state index contributed by atoms with van der Waals surface area (Å²) < 4.78 is 26.3. The number of esters is 1. The Kier molecular flexibility index (Phi) is 8.70. The van der Waals surface area contributed by atoms with Crippen molar-refractivity contribution in [2.75, 3.05) is 13.7 Å². The number of aryl methyl sites for hydroxylation is 1. The Morgan fingerprint density at radius 2 is 1.86 bits per heavy atom. The number of benzene rings is 1. The third-order valence-electron chi connectivity index (χ3n) is 6.07. The van der Waals surface area contributed by atoms with Crippen LogP contribution in [0.3, 0.4) is 0 Å². The van der Waals surface area contributed by atoms with Gasteiger partial charge in [0.25, 0.3) is 5.56 Å². The van der Waals surface area contributed by atoms with E-state index in [1.54, 1.807) is 13.8 Å². The number of halogens is 1. The Morgan fingerprint density at radius 3 is 2.46 bits per heavy atom. The second kappa shape index (κ2) is 11.4. The molecule has 1 aromatic carbocycles. The molecule has 3 rings (SSSR count). The lowest BCUT2D eigenvalue weighted by molar-refractivity contribution is -0.122. The molecule has 2 heterocycles. The van der Waals surface area contributed by atoms with Crippen LogP contribution in [0.25, 0.3) is 10.2 Å². The Labute approximate surface area is 217 Å². The summed E-state index contributed by atoms with van der Waals surface area (Å²) in [4.78, 5) is 53.0. The lowest BCUT2D eigenvalue weighted by Gasteiger charge is -2.20. The highest BCUT2D eigenvalue weighted by Crippen LogP contribution is 2.32. The molecule has 0 radical (unpaired) electrons. The number of ether oxygens (including phenoxy) is 2. The SMILES string of the molecule is CCOC(=O)c1sc2c(c1C)c(=O)n([C@@H](C)C(=O)CC(C)C)c(=O)n2C[C@H](O)c1cc(F)ccc1OC. The molecule has 200 valence electrons. The second-order valence-corrected chi connectivity index (χ2v) is 10.2. The van der Waals surface area contributed by atoms with Crippen LogP contribution in [-0.4, -0.2) is 39.7 Å². The molecule has 0 unspecified atom stereocenters. The molecule has 0 fully saturated rings. The first-order valence-electron chi connectivity index (χ1n) is 11.9. The molecule has 0 bridgehead atoms. The van der Waals surface area contributed by atoms with Crippen LogP contribution >= 0.6 is 11.3 Å². The number of methoxy groups -OCH3 is 1. The van der Waals surface area contributed by atoms with E-state index in [1.807, 2.05) is 13.8 Å². The van der Waals surface area contributed by atoms with Gasteiger partial charge in [-0.05, 0) is 50.5 Å². The number of carbonyl (C=O) groups excluding carboxylic acids is 2. The molecule has 2 aromatic heterocycles. The van der Waals surface area contributed by atoms with Gasteiger partial charge in [0.1, 0.15) is 27.4 Å². The van der Waals surface area contributed by atoms with Gasteiger partial charge in [-0.15, -0.1) is 11.3 Å². The van der Waals surface area contributed by atoms with Crippen molar-refractivity contribution in [3.63, 3.8) is 0 Å². The van der Waals surface area contributed by atoms with Gasteiger partial charge in [0.15, 0.2) is 5.78 Å². The quantitative estimate of drug-likeness (QED) is 0.394. The van der Waals surface area contributed by atoms with E-state index in [0.717, 1.165) is 26.5 Å². The second-order valence-electron chi connectivity index (χ2n) is 9.17.